The minimum absolute atomic E-state index is 0.00475. The predicted octanol–water partition coefficient (Wildman–Crippen LogP) is 2.61. The summed E-state index contributed by atoms with van der Waals surface area (Å²) in [4.78, 5) is 26.5. The second-order valence-corrected chi connectivity index (χ2v) is 5.63. The van der Waals surface area contributed by atoms with Crippen LogP contribution in [0.2, 0.25) is 0 Å². The van der Waals surface area contributed by atoms with Crippen LogP contribution in [0, 0.1) is 0 Å². The van der Waals surface area contributed by atoms with Gasteiger partial charge in [-0.2, -0.15) is 0 Å². The molecular weight excluding hydrogens is 318 g/mol. The van der Waals surface area contributed by atoms with Crippen LogP contribution in [0.4, 0.5) is 5.69 Å². The molecule has 6 nitrogen and oxygen atoms in total. The Labute approximate surface area is 136 Å². The van der Waals surface area contributed by atoms with E-state index >= 15 is 0 Å². The van der Waals surface area contributed by atoms with Gasteiger partial charge in [-0.05, 0) is 23.6 Å². The Bertz CT molecular complexity index is 810. The quantitative estimate of drug-likeness (QED) is 0.872. The summed E-state index contributed by atoms with van der Waals surface area (Å²) in [6, 6.07) is 8.18. The number of carbonyl (C=O) groups excluding carboxylic acids is 2. The van der Waals surface area contributed by atoms with Crippen LogP contribution < -0.4 is 14.4 Å². The van der Waals surface area contributed by atoms with Crippen molar-refractivity contribution >= 4 is 34.4 Å². The van der Waals surface area contributed by atoms with Crippen molar-refractivity contribution in [1.29, 1.82) is 0 Å². The van der Waals surface area contributed by atoms with E-state index in [9.17, 15) is 14.7 Å². The number of hydrogen-bond acceptors (Lipinski definition) is 6. The fraction of sp³-hybridized carbons (Fsp3) is 0.125. The summed E-state index contributed by atoms with van der Waals surface area (Å²) >= 11 is 1.27. The first-order chi connectivity index (χ1) is 11.1. The predicted molar refractivity (Wildman–Crippen MR) is 85.9 cm³/mol. The maximum absolute atomic E-state index is 12.7. The molecule has 0 bridgehead atoms. The van der Waals surface area contributed by atoms with Crippen LogP contribution in [0.5, 0.6) is 11.5 Å². The Morgan fingerprint density at radius 3 is 2.48 bits per heavy atom. The van der Waals surface area contributed by atoms with Crippen LogP contribution in [0.15, 0.2) is 41.5 Å². The largest absolute Gasteiger partial charge is 0.502 e. The number of nitrogens with zero attached hydrogens (tertiary/aromatic N) is 1. The highest BCUT2D eigenvalue weighted by Gasteiger charge is 2.42. The summed E-state index contributed by atoms with van der Waals surface area (Å²) in [5.74, 6) is -1.16. The number of benzene rings is 1. The van der Waals surface area contributed by atoms with Gasteiger partial charge in [-0.15, -0.1) is 11.3 Å². The molecule has 1 aromatic carbocycles. The van der Waals surface area contributed by atoms with Gasteiger partial charge in [0.05, 0.1) is 19.9 Å². The van der Waals surface area contributed by atoms with Crippen molar-refractivity contribution in [2.45, 2.75) is 0 Å². The second kappa shape index (κ2) is 5.77. The number of amides is 2. The molecule has 0 saturated heterocycles. The molecule has 1 N–H and O–H groups in total. The van der Waals surface area contributed by atoms with E-state index in [0.29, 0.717) is 16.4 Å². The first-order valence-electron chi connectivity index (χ1n) is 6.66. The summed E-state index contributed by atoms with van der Waals surface area (Å²) in [5.41, 5.74) is 0.217. The molecule has 3 rings (SSSR count). The summed E-state index contributed by atoms with van der Waals surface area (Å²) in [5, 5.41) is 11.9. The molecule has 2 aromatic rings. The number of thiophene rings is 1. The third-order valence-electron chi connectivity index (χ3n) is 3.45. The number of aliphatic hydroxyl groups is 1. The van der Waals surface area contributed by atoms with Gasteiger partial charge >= 0.3 is 5.91 Å². The van der Waals surface area contributed by atoms with Gasteiger partial charge in [-0.25, -0.2) is 4.90 Å². The molecule has 0 fully saturated rings. The van der Waals surface area contributed by atoms with E-state index < -0.39 is 17.6 Å². The maximum atomic E-state index is 12.7. The van der Waals surface area contributed by atoms with Crippen LogP contribution in [0.1, 0.15) is 4.88 Å². The Morgan fingerprint density at radius 1 is 1.09 bits per heavy atom. The molecule has 0 radical (unpaired) electrons. The van der Waals surface area contributed by atoms with Gasteiger partial charge in [0, 0.05) is 10.9 Å². The van der Waals surface area contributed by atoms with Gasteiger partial charge in [0.25, 0.3) is 5.91 Å². The molecule has 2 heterocycles. The van der Waals surface area contributed by atoms with Crippen LogP contribution in [0.3, 0.4) is 0 Å². The molecule has 0 unspecified atom stereocenters. The van der Waals surface area contributed by atoms with E-state index in [1.807, 2.05) is 0 Å². The van der Waals surface area contributed by atoms with Gasteiger partial charge in [0.2, 0.25) is 0 Å². The highest BCUT2D eigenvalue weighted by molar-refractivity contribution is 7.11. The molecular formula is C16H13NO5S. The highest BCUT2D eigenvalue weighted by atomic mass is 32.1. The number of carbonyl (C=O) groups is 2. The number of anilines is 1. The number of aliphatic hydroxyl groups excluding tert-OH is 1. The minimum atomic E-state index is -0.787. The van der Waals surface area contributed by atoms with Crippen molar-refractivity contribution in [3.63, 3.8) is 0 Å². The Morgan fingerprint density at radius 2 is 1.87 bits per heavy atom. The van der Waals surface area contributed by atoms with Crippen LogP contribution in [-0.2, 0) is 9.59 Å². The Kier molecular flexibility index (Phi) is 3.79. The lowest BCUT2D eigenvalue weighted by atomic mass is 10.2. The topological polar surface area (TPSA) is 76.1 Å². The molecule has 0 atom stereocenters. The first-order valence-corrected chi connectivity index (χ1v) is 7.54. The number of ether oxygens (including phenoxy) is 2. The van der Waals surface area contributed by atoms with E-state index in [-0.39, 0.29) is 11.3 Å². The summed E-state index contributed by atoms with van der Waals surface area (Å²) in [6.45, 7) is 0. The Hall–Kier alpha value is -2.80. The average Bonchev–Trinajstić information content (AvgIpc) is 3.15. The lowest BCUT2D eigenvalue weighted by molar-refractivity contribution is -0.121. The molecule has 2 amide bonds. The standard InChI is InChI=1S/C16H13NO5S/c1-21-9-5-6-11(22-2)10(8-9)17-15(19)13(14(18)16(17)20)12-4-3-7-23-12/h3-8,18H,1-2H3. The second-order valence-electron chi connectivity index (χ2n) is 4.68. The average molecular weight is 331 g/mol. The fourth-order valence-corrected chi connectivity index (χ4v) is 3.11. The zero-order valence-corrected chi connectivity index (χ0v) is 13.2. The Balaban J connectivity index is 2.10. The van der Waals surface area contributed by atoms with Crippen molar-refractivity contribution in [2.75, 3.05) is 19.1 Å². The molecule has 0 spiro atoms. The summed E-state index contributed by atoms with van der Waals surface area (Å²) in [7, 11) is 2.91. The normalized spacial score (nSPS) is 14.6. The van der Waals surface area contributed by atoms with Crippen molar-refractivity contribution < 1.29 is 24.2 Å². The monoisotopic (exact) mass is 331 g/mol. The van der Waals surface area contributed by atoms with E-state index in [0.717, 1.165) is 4.90 Å². The lowest BCUT2D eigenvalue weighted by Gasteiger charge is -2.18. The first kappa shape index (κ1) is 15.1. The van der Waals surface area contributed by atoms with Gasteiger partial charge in [0.1, 0.15) is 17.1 Å². The van der Waals surface area contributed by atoms with Crippen LogP contribution in [-0.4, -0.2) is 31.1 Å². The molecule has 1 aromatic heterocycles. The van der Waals surface area contributed by atoms with E-state index in [2.05, 4.69) is 0 Å². The molecule has 7 heteroatoms. The molecule has 23 heavy (non-hydrogen) atoms. The number of hydrogen-bond donors (Lipinski definition) is 1. The molecule has 118 valence electrons. The van der Waals surface area contributed by atoms with Gasteiger partial charge in [-0.1, -0.05) is 6.07 Å². The van der Waals surface area contributed by atoms with Crippen molar-refractivity contribution in [3.05, 3.63) is 46.3 Å². The summed E-state index contributed by atoms with van der Waals surface area (Å²) in [6.07, 6.45) is 0. The molecule has 1 aliphatic heterocycles. The SMILES string of the molecule is COc1ccc(OC)c(N2C(=O)C(O)=C(c3cccs3)C2=O)c1. The minimum Gasteiger partial charge on any atom is -0.502 e. The van der Waals surface area contributed by atoms with Gasteiger partial charge in [-0.3, -0.25) is 9.59 Å². The highest BCUT2D eigenvalue weighted by Crippen LogP contribution is 2.39. The lowest BCUT2D eigenvalue weighted by Crippen LogP contribution is -2.31. The fourth-order valence-electron chi connectivity index (χ4n) is 2.35. The third-order valence-corrected chi connectivity index (χ3v) is 4.34. The van der Waals surface area contributed by atoms with Gasteiger partial charge < -0.3 is 14.6 Å². The maximum Gasteiger partial charge on any atom is 0.301 e. The van der Waals surface area contributed by atoms with E-state index in [1.54, 1.807) is 29.6 Å². The number of rotatable bonds is 4. The van der Waals surface area contributed by atoms with Crippen molar-refractivity contribution in [1.82, 2.24) is 0 Å². The zero-order chi connectivity index (χ0) is 16.6. The smallest absolute Gasteiger partial charge is 0.301 e. The van der Waals surface area contributed by atoms with Gasteiger partial charge in [0.15, 0.2) is 5.76 Å². The number of methoxy groups -OCH3 is 2. The van der Waals surface area contributed by atoms with E-state index in [4.69, 9.17) is 9.47 Å². The molecule has 1 aliphatic rings. The van der Waals surface area contributed by atoms with Crippen molar-refractivity contribution in [3.8, 4) is 11.5 Å². The number of imide groups is 1. The third kappa shape index (κ3) is 2.35. The molecule has 0 saturated carbocycles. The van der Waals surface area contributed by atoms with E-state index in [1.165, 1.54) is 31.6 Å². The van der Waals surface area contributed by atoms with Crippen LogP contribution in [0.25, 0.3) is 5.57 Å². The van der Waals surface area contributed by atoms with Crippen molar-refractivity contribution in [2.24, 2.45) is 0 Å². The molecule has 0 aliphatic carbocycles. The van der Waals surface area contributed by atoms with Crippen LogP contribution >= 0.6 is 11.3 Å². The summed E-state index contributed by atoms with van der Waals surface area (Å²) < 4.78 is 10.3. The zero-order valence-electron chi connectivity index (χ0n) is 12.4.